The molecular weight excluding hydrogens is 368 g/mol. The molecule has 0 atom stereocenters. The van der Waals surface area contributed by atoms with E-state index in [1.165, 1.54) is 44.2 Å². The van der Waals surface area contributed by atoms with Gasteiger partial charge in [0.1, 0.15) is 0 Å². The Morgan fingerprint density at radius 2 is 1.50 bits per heavy atom. The van der Waals surface area contributed by atoms with Crippen molar-refractivity contribution in [3.63, 3.8) is 0 Å². The molecule has 3 nitrogen and oxygen atoms in total. The molecule has 1 aliphatic rings. The van der Waals surface area contributed by atoms with E-state index in [0.717, 1.165) is 30.1 Å². The van der Waals surface area contributed by atoms with Crippen LogP contribution in [0.2, 0.25) is 0 Å². The molecule has 152 valence electrons. The third-order valence-corrected chi connectivity index (χ3v) is 5.61. The molecule has 0 unspecified atom stereocenters. The summed E-state index contributed by atoms with van der Waals surface area (Å²) in [5.74, 6) is -0.108. The molecule has 0 saturated heterocycles. The monoisotopic (exact) mass is 400 g/mol. The number of halogens is 1. The number of carbonyl (C=O) groups is 1. The fraction of sp³-hybridized carbons (Fsp3) is 0.500. The third-order valence-electron chi connectivity index (χ3n) is 5.15. The van der Waals surface area contributed by atoms with Gasteiger partial charge in [-0.2, -0.15) is 0 Å². The molecule has 28 heavy (non-hydrogen) atoms. The van der Waals surface area contributed by atoms with Crippen LogP contribution in [-0.4, -0.2) is 24.6 Å². The fourth-order valence-electron chi connectivity index (χ4n) is 3.30. The molecule has 1 aromatic rings. The van der Waals surface area contributed by atoms with E-state index in [4.69, 9.17) is 16.6 Å². The molecular formula is C24H33ClN2O. The van der Waals surface area contributed by atoms with Gasteiger partial charge in [-0.1, -0.05) is 51.1 Å². The maximum Gasteiger partial charge on any atom is 0.200 e. The van der Waals surface area contributed by atoms with E-state index in [1.807, 2.05) is 13.0 Å². The number of Topliss-reactive ketones (excluding diaryl/α,β-unsaturated/α-hetero) is 1. The minimum absolute atomic E-state index is 0.108. The molecule has 0 saturated carbocycles. The van der Waals surface area contributed by atoms with Crippen LogP contribution < -0.4 is 4.90 Å². The number of hydrogen-bond donors (Lipinski definition) is 0. The Kier molecular flexibility index (Phi) is 8.98. The van der Waals surface area contributed by atoms with Crippen LogP contribution >= 0.6 is 11.6 Å². The maximum atomic E-state index is 12.0. The van der Waals surface area contributed by atoms with E-state index >= 15 is 0 Å². The molecule has 0 heterocycles. The highest BCUT2D eigenvalue weighted by atomic mass is 35.5. The Morgan fingerprint density at radius 3 is 2.04 bits per heavy atom. The molecule has 0 bridgehead atoms. The van der Waals surface area contributed by atoms with Crippen molar-refractivity contribution in [3.05, 3.63) is 46.5 Å². The molecule has 0 aliphatic heterocycles. The molecule has 0 aromatic heterocycles. The zero-order valence-corrected chi connectivity index (χ0v) is 18.5. The lowest BCUT2D eigenvalue weighted by Gasteiger charge is -2.25. The summed E-state index contributed by atoms with van der Waals surface area (Å²) in [5.41, 5.74) is 4.26. The molecule has 0 radical (unpaired) electrons. The van der Waals surface area contributed by atoms with Crippen molar-refractivity contribution in [1.29, 1.82) is 0 Å². The van der Waals surface area contributed by atoms with Crippen LogP contribution in [0.1, 0.15) is 66.2 Å². The standard InChI is InChI=1S/C24H33ClN2O/c1-5-7-9-15-27(16-10-8-6-2)21-13-11-20(12-14-21)26-22-17-18(3)24(28)23(25)19(22)4/h11-14,17H,5-10,15-16H2,1-4H3. The van der Waals surface area contributed by atoms with Crippen LogP contribution in [0.5, 0.6) is 0 Å². The van der Waals surface area contributed by atoms with Crippen LogP contribution in [0.3, 0.4) is 0 Å². The number of hydrogen-bond acceptors (Lipinski definition) is 3. The lowest BCUT2D eigenvalue weighted by molar-refractivity contribution is -0.111. The van der Waals surface area contributed by atoms with Gasteiger partial charge in [-0.15, -0.1) is 0 Å². The first-order valence-electron chi connectivity index (χ1n) is 10.5. The average molecular weight is 401 g/mol. The van der Waals surface area contributed by atoms with Gasteiger partial charge in [-0.25, -0.2) is 4.99 Å². The first kappa shape index (κ1) is 22.4. The van der Waals surface area contributed by atoms with Gasteiger partial charge in [0.05, 0.1) is 16.4 Å². The Labute approximate surface area is 175 Å². The zero-order chi connectivity index (χ0) is 20.5. The smallest absolute Gasteiger partial charge is 0.200 e. The summed E-state index contributed by atoms with van der Waals surface area (Å²) in [4.78, 5) is 19.2. The van der Waals surface area contributed by atoms with Crippen molar-refractivity contribution < 1.29 is 4.79 Å². The van der Waals surface area contributed by atoms with Gasteiger partial charge in [0.25, 0.3) is 0 Å². The highest BCUT2D eigenvalue weighted by Gasteiger charge is 2.20. The number of ketones is 1. The second-order valence-electron chi connectivity index (χ2n) is 7.51. The Hall–Kier alpha value is -1.87. The summed E-state index contributed by atoms with van der Waals surface area (Å²) in [6.07, 6.45) is 9.30. The third kappa shape index (κ3) is 6.07. The number of carbonyl (C=O) groups excluding carboxylic acids is 1. The number of nitrogens with zero attached hydrogens (tertiary/aromatic N) is 2. The van der Waals surface area contributed by atoms with E-state index < -0.39 is 0 Å². The predicted molar refractivity (Wildman–Crippen MR) is 122 cm³/mol. The minimum Gasteiger partial charge on any atom is -0.372 e. The molecule has 0 spiro atoms. The van der Waals surface area contributed by atoms with Gasteiger partial charge in [0.15, 0.2) is 5.78 Å². The van der Waals surface area contributed by atoms with Crippen molar-refractivity contribution >= 4 is 34.5 Å². The summed E-state index contributed by atoms with van der Waals surface area (Å²) in [7, 11) is 0. The maximum absolute atomic E-state index is 12.0. The number of aliphatic imine (C=N–C) groups is 1. The highest BCUT2D eigenvalue weighted by molar-refractivity contribution is 6.49. The van der Waals surface area contributed by atoms with Crippen LogP contribution in [-0.2, 0) is 4.79 Å². The Bertz CT molecular complexity index is 749. The molecule has 1 aliphatic carbocycles. The minimum atomic E-state index is -0.108. The first-order chi connectivity index (χ1) is 13.5. The van der Waals surface area contributed by atoms with Crippen LogP contribution in [0.4, 0.5) is 11.4 Å². The van der Waals surface area contributed by atoms with E-state index in [0.29, 0.717) is 5.57 Å². The normalized spacial score (nSPS) is 16.0. The fourth-order valence-corrected chi connectivity index (χ4v) is 3.55. The quantitative estimate of drug-likeness (QED) is 0.313. The SMILES string of the molecule is CCCCCN(CCCCC)c1ccc(N=C2C=C(C)C(=O)C(Cl)=C2C)cc1. The van der Waals surface area contributed by atoms with Crippen LogP contribution in [0.15, 0.2) is 51.5 Å². The lowest BCUT2D eigenvalue weighted by atomic mass is 9.98. The molecule has 0 fully saturated rings. The summed E-state index contributed by atoms with van der Waals surface area (Å²) >= 11 is 6.16. The largest absolute Gasteiger partial charge is 0.372 e. The summed E-state index contributed by atoms with van der Waals surface area (Å²) in [6.45, 7) is 10.3. The average Bonchev–Trinajstić information content (AvgIpc) is 2.70. The van der Waals surface area contributed by atoms with Crippen molar-refractivity contribution in [1.82, 2.24) is 0 Å². The van der Waals surface area contributed by atoms with E-state index in [2.05, 4.69) is 43.0 Å². The van der Waals surface area contributed by atoms with E-state index in [9.17, 15) is 4.79 Å². The van der Waals surface area contributed by atoms with E-state index in [-0.39, 0.29) is 10.8 Å². The molecule has 4 heteroatoms. The molecule has 0 amide bonds. The number of benzene rings is 1. The van der Waals surface area contributed by atoms with Gasteiger partial charge in [0.2, 0.25) is 0 Å². The van der Waals surface area contributed by atoms with Crippen molar-refractivity contribution in [3.8, 4) is 0 Å². The second kappa shape index (κ2) is 11.2. The van der Waals surface area contributed by atoms with Crippen molar-refractivity contribution in [2.24, 2.45) is 4.99 Å². The Balaban J connectivity index is 2.16. The van der Waals surface area contributed by atoms with Gasteiger partial charge in [-0.05, 0) is 62.6 Å². The summed E-state index contributed by atoms with van der Waals surface area (Å²) in [5, 5.41) is 0.272. The zero-order valence-electron chi connectivity index (χ0n) is 17.7. The topological polar surface area (TPSA) is 32.7 Å². The van der Waals surface area contributed by atoms with Crippen molar-refractivity contribution in [2.45, 2.75) is 66.2 Å². The number of anilines is 1. The van der Waals surface area contributed by atoms with E-state index in [1.54, 1.807) is 6.92 Å². The number of allylic oxidation sites excluding steroid dienone is 4. The van der Waals surface area contributed by atoms with Gasteiger partial charge < -0.3 is 4.90 Å². The molecule has 0 N–H and O–H groups in total. The summed E-state index contributed by atoms with van der Waals surface area (Å²) < 4.78 is 0. The number of rotatable bonds is 10. The molecule has 2 rings (SSSR count). The van der Waals surface area contributed by atoms with Crippen LogP contribution in [0, 0.1) is 0 Å². The molecule has 1 aromatic carbocycles. The number of unbranched alkanes of at least 4 members (excludes halogenated alkanes) is 4. The van der Waals surface area contributed by atoms with Gasteiger partial charge in [-0.3, -0.25) is 4.79 Å². The second-order valence-corrected chi connectivity index (χ2v) is 7.89. The van der Waals surface area contributed by atoms with Gasteiger partial charge >= 0.3 is 0 Å². The lowest BCUT2D eigenvalue weighted by Crippen LogP contribution is -2.25. The predicted octanol–water partition coefficient (Wildman–Crippen LogP) is 6.99. The Morgan fingerprint density at radius 1 is 0.929 bits per heavy atom. The summed E-state index contributed by atoms with van der Waals surface area (Å²) in [6, 6.07) is 8.41. The highest BCUT2D eigenvalue weighted by Crippen LogP contribution is 2.26. The van der Waals surface area contributed by atoms with Gasteiger partial charge in [0, 0.05) is 24.4 Å². The van der Waals surface area contributed by atoms with Crippen LogP contribution in [0.25, 0.3) is 0 Å². The van der Waals surface area contributed by atoms with Crippen molar-refractivity contribution in [2.75, 3.05) is 18.0 Å². The first-order valence-corrected chi connectivity index (χ1v) is 10.9.